The van der Waals surface area contributed by atoms with E-state index in [-0.39, 0.29) is 12.5 Å². The highest BCUT2D eigenvalue weighted by Crippen LogP contribution is 2.33. The van der Waals surface area contributed by atoms with Gasteiger partial charge in [0, 0.05) is 38.3 Å². The summed E-state index contributed by atoms with van der Waals surface area (Å²) in [6, 6.07) is 9.97. The monoisotopic (exact) mass is 510 g/mol. The highest BCUT2D eigenvalue weighted by atomic mass is 35.5. The van der Waals surface area contributed by atoms with E-state index in [0.717, 1.165) is 49.2 Å². The number of amides is 1. The number of aromatic nitrogens is 3. The lowest BCUT2D eigenvalue weighted by atomic mass is 10.0. The van der Waals surface area contributed by atoms with Crippen molar-refractivity contribution in [2.45, 2.75) is 25.4 Å². The van der Waals surface area contributed by atoms with Crippen LogP contribution in [-0.2, 0) is 11.3 Å². The molecule has 0 radical (unpaired) electrons. The second-order valence-corrected chi connectivity index (χ2v) is 9.77. The molecule has 0 bridgehead atoms. The molecule has 3 aromatic heterocycles. The van der Waals surface area contributed by atoms with Crippen molar-refractivity contribution >= 4 is 45.7 Å². The zero-order valence-electron chi connectivity index (χ0n) is 19.4. The van der Waals surface area contributed by atoms with Crippen LogP contribution in [0.1, 0.15) is 18.4 Å². The Kier molecular flexibility index (Phi) is 7.17. The van der Waals surface area contributed by atoms with Gasteiger partial charge in [-0.2, -0.15) is 11.3 Å². The number of benzene rings is 1. The molecule has 1 aliphatic rings. The Bertz CT molecular complexity index is 1300. The van der Waals surface area contributed by atoms with E-state index in [4.69, 9.17) is 16.3 Å². The van der Waals surface area contributed by atoms with Gasteiger partial charge in [-0.25, -0.2) is 9.97 Å². The van der Waals surface area contributed by atoms with E-state index in [0.29, 0.717) is 28.3 Å². The maximum Gasteiger partial charge on any atom is 0.257 e. The number of carbonyl (C=O) groups excluding carboxylic acids is 1. The number of imidazole rings is 1. The van der Waals surface area contributed by atoms with Gasteiger partial charge in [0.25, 0.3) is 5.91 Å². The summed E-state index contributed by atoms with van der Waals surface area (Å²) >= 11 is 8.32. The molecule has 5 rings (SSSR count). The lowest BCUT2D eigenvalue weighted by Crippen LogP contribution is -2.38. The standard InChI is InChI=1S/C25H27ClN6O2S/c1-27-21(33)14-34-19-4-2-3-17(11-19)24-30-23-22(20(26)12-28-25(23)31-24)29-18-5-8-32(9-6-18)13-16-7-10-35-15-16/h2-4,7,10-12,15,18H,5-6,8-9,13-14H2,1H3,(H,27,33)(H2,28,29,30,31). The fourth-order valence-corrected chi connectivity index (χ4v) is 5.10. The molecule has 1 fully saturated rings. The summed E-state index contributed by atoms with van der Waals surface area (Å²) in [7, 11) is 1.58. The first-order valence-electron chi connectivity index (χ1n) is 11.6. The minimum absolute atomic E-state index is 0.0443. The number of H-pyrrole nitrogens is 1. The maximum atomic E-state index is 11.5. The first kappa shape index (κ1) is 23.6. The average Bonchev–Trinajstić information content (AvgIpc) is 3.56. The van der Waals surface area contributed by atoms with Gasteiger partial charge >= 0.3 is 0 Å². The number of hydrogen-bond donors (Lipinski definition) is 3. The molecule has 0 saturated carbocycles. The van der Waals surface area contributed by atoms with Crippen LogP contribution in [0.4, 0.5) is 5.69 Å². The number of likely N-dealkylation sites (N-methyl/N-ethyl adjacent to an activating group) is 1. The van der Waals surface area contributed by atoms with Gasteiger partial charge in [-0.05, 0) is 47.4 Å². The second kappa shape index (κ2) is 10.6. The number of rotatable bonds is 8. The molecule has 0 atom stereocenters. The predicted octanol–water partition coefficient (Wildman–Crippen LogP) is 4.54. The number of aromatic amines is 1. The van der Waals surface area contributed by atoms with Crippen molar-refractivity contribution in [2.75, 3.05) is 32.1 Å². The number of halogens is 1. The van der Waals surface area contributed by atoms with Crippen molar-refractivity contribution in [3.8, 4) is 17.1 Å². The molecule has 1 aromatic carbocycles. The fourth-order valence-electron chi connectivity index (χ4n) is 4.25. The first-order valence-corrected chi connectivity index (χ1v) is 12.9. The average molecular weight is 511 g/mol. The molecule has 4 heterocycles. The molecule has 4 aromatic rings. The summed E-state index contributed by atoms with van der Waals surface area (Å²) < 4.78 is 5.57. The third kappa shape index (κ3) is 5.58. The minimum Gasteiger partial charge on any atom is -0.484 e. The van der Waals surface area contributed by atoms with E-state index in [1.807, 2.05) is 24.3 Å². The Balaban J connectivity index is 1.30. The summed E-state index contributed by atoms with van der Waals surface area (Å²) in [5.41, 5.74) is 4.43. The molecular formula is C25H27ClN6O2S. The van der Waals surface area contributed by atoms with E-state index in [1.165, 1.54) is 5.56 Å². The number of ether oxygens (including phenoxy) is 1. The topological polar surface area (TPSA) is 95.2 Å². The number of likely N-dealkylation sites (tertiary alicyclic amines) is 1. The normalized spacial score (nSPS) is 14.8. The van der Waals surface area contributed by atoms with Gasteiger partial charge in [0.1, 0.15) is 17.1 Å². The number of thiophene rings is 1. The SMILES string of the molecule is CNC(=O)COc1cccc(-c2nc3ncc(Cl)c(NC4CCN(Cc5ccsc5)CC4)c3[nH]2)c1. The second-order valence-electron chi connectivity index (χ2n) is 8.58. The summed E-state index contributed by atoms with van der Waals surface area (Å²) in [6.07, 6.45) is 3.72. The van der Waals surface area contributed by atoms with Crippen LogP contribution in [0.2, 0.25) is 5.02 Å². The molecule has 1 saturated heterocycles. The van der Waals surface area contributed by atoms with Gasteiger partial charge in [-0.15, -0.1) is 0 Å². The molecule has 182 valence electrons. The Morgan fingerprint density at radius 3 is 2.94 bits per heavy atom. The molecule has 1 amide bonds. The van der Waals surface area contributed by atoms with Crippen LogP contribution in [0.5, 0.6) is 5.75 Å². The van der Waals surface area contributed by atoms with Crippen molar-refractivity contribution in [3.05, 3.63) is 57.9 Å². The van der Waals surface area contributed by atoms with Crippen molar-refractivity contribution < 1.29 is 9.53 Å². The van der Waals surface area contributed by atoms with Gasteiger partial charge < -0.3 is 20.4 Å². The van der Waals surface area contributed by atoms with Crippen molar-refractivity contribution in [1.29, 1.82) is 0 Å². The fraction of sp³-hybridized carbons (Fsp3) is 0.320. The number of nitrogens with zero attached hydrogens (tertiary/aromatic N) is 3. The Labute approximate surface area is 212 Å². The van der Waals surface area contributed by atoms with Gasteiger partial charge in [0.2, 0.25) is 0 Å². The molecule has 0 unspecified atom stereocenters. The lowest BCUT2D eigenvalue weighted by Gasteiger charge is -2.32. The number of hydrogen-bond acceptors (Lipinski definition) is 7. The minimum atomic E-state index is -0.189. The van der Waals surface area contributed by atoms with Crippen LogP contribution in [0.15, 0.2) is 47.3 Å². The molecular weight excluding hydrogens is 484 g/mol. The molecule has 10 heteroatoms. The quantitative estimate of drug-likeness (QED) is 0.322. The van der Waals surface area contributed by atoms with E-state index in [1.54, 1.807) is 24.6 Å². The Morgan fingerprint density at radius 1 is 1.31 bits per heavy atom. The van der Waals surface area contributed by atoms with E-state index in [2.05, 4.69) is 47.3 Å². The van der Waals surface area contributed by atoms with Gasteiger partial charge in [0.15, 0.2) is 12.3 Å². The van der Waals surface area contributed by atoms with Crippen molar-refractivity contribution in [2.24, 2.45) is 0 Å². The highest BCUT2D eigenvalue weighted by molar-refractivity contribution is 7.07. The summed E-state index contributed by atoms with van der Waals surface area (Å²) in [4.78, 5) is 26.5. The third-order valence-corrected chi connectivity index (χ3v) is 7.17. The molecule has 1 aliphatic heterocycles. The Morgan fingerprint density at radius 2 is 2.17 bits per heavy atom. The van der Waals surface area contributed by atoms with E-state index in [9.17, 15) is 4.79 Å². The van der Waals surface area contributed by atoms with Crippen LogP contribution in [0.25, 0.3) is 22.6 Å². The molecule has 35 heavy (non-hydrogen) atoms. The summed E-state index contributed by atoms with van der Waals surface area (Å²) in [5, 5.41) is 11.1. The van der Waals surface area contributed by atoms with Gasteiger partial charge in [-0.1, -0.05) is 23.7 Å². The van der Waals surface area contributed by atoms with Crippen LogP contribution in [-0.4, -0.2) is 58.5 Å². The maximum absolute atomic E-state index is 11.5. The molecule has 3 N–H and O–H groups in total. The number of piperidine rings is 1. The van der Waals surface area contributed by atoms with Crippen LogP contribution in [0.3, 0.4) is 0 Å². The summed E-state index contributed by atoms with van der Waals surface area (Å²) in [6.45, 7) is 3.04. The van der Waals surface area contributed by atoms with E-state index < -0.39 is 0 Å². The lowest BCUT2D eigenvalue weighted by molar-refractivity contribution is -0.122. The smallest absolute Gasteiger partial charge is 0.257 e. The summed E-state index contributed by atoms with van der Waals surface area (Å²) in [5.74, 6) is 1.06. The number of nitrogens with one attached hydrogen (secondary N) is 3. The zero-order valence-corrected chi connectivity index (χ0v) is 21.0. The van der Waals surface area contributed by atoms with Crippen molar-refractivity contribution in [1.82, 2.24) is 25.2 Å². The van der Waals surface area contributed by atoms with Gasteiger partial charge in [-0.3, -0.25) is 9.69 Å². The molecule has 0 spiro atoms. The molecule has 8 nitrogen and oxygen atoms in total. The largest absolute Gasteiger partial charge is 0.484 e. The molecule has 0 aliphatic carbocycles. The zero-order chi connectivity index (χ0) is 24.2. The van der Waals surface area contributed by atoms with Crippen LogP contribution >= 0.6 is 22.9 Å². The number of carbonyl (C=O) groups is 1. The third-order valence-electron chi connectivity index (χ3n) is 6.15. The van der Waals surface area contributed by atoms with Crippen LogP contribution < -0.4 is 15.4 Å². The highest BCUT2D eigenvalue weighted by Gasteiger charge is 2.22. The number of anilines is 1. The van der Waals surface area contributed by atoms with Gasteiger partial charge in [0.05, 0.1) is 16.9 Å². The Hall–Kier alpha value is -3.14. The van der Waals surface area contributed by atoms with Crippen LogP contribution in [0, 0.1) is 0 Å². The van der Waals surface area contributed by atoms with E-state index >= 15 is 0 Å². The predicted molar refractivity (Wildman–Crippen MR) is 140 cm³/mol. The van der Waals surface area contributed by atoms with Crippen molar-refractivity contribution in [3.63, 3.8) is 0 Å². The number of fused-ring (bicyclic) bond motifs is 1. The first-order chi connectivity index (χ1) is 17.1. The number of pyridine rings is 1.